The van der Waals surface area contributed by atoms with Crippen molar-refractivity contribution >= 4 is 35.1 Å². The van der Waals surface area contributed by atoms with Crippen LogP contribution in [0.1, 0.15) is 22.5 Å². The summed E-state index contributed by atoms with van der Waals surface area (Å²) in [4.78, 5) is 26.7. The van der Waals surface area contributed by atoms with E-state index in [1.54, 1.807) is 4.90 Å². The Morgan fingerprint density at radius 2 is 1.76 bits per heavy atom. The zero-order chi connectivity index (χ0) is 19.8. The molecule has 0 radical (unpaired) electrons. The van der Waals surface area contributed by atoms with Crippen LogP contribution in [-0.4, -0.2) is 53.1 Å². The van der Waals surface area contributed by atoms with Gasteiger partial charge in [0, 0.05) is 38.0 Å². The van der Waals surface area contributed by atoms with E-state index < -0.39 is 0 Å². The highest BCUT2D eigenvalue weighted by atomic mass is 35.5. The molecule has 8 heteroatoms. The van der Waals surface area contributed by atoms with E-state index in [-0.39, 0.29) is 37.2 Å². The minimum atomic E-state index is -0.292. The summed E-state index contributed by atoms with van der Waals surface area (Å²) in [5.41, 5.74) is 7.97. The predicted octanol–water partition coefficient (Wildman–Crippen LogP) is 2.13. The van der Waals surface area contributed by atoms with E-state index in [0.717, 1.165) is 17.3 Å². The molecule has 1 heterocycles. The van der Waals surface area contributed by atoms with Crippen LogP contribution < -0.4 is 11.1 Å². The molecule has 0 unspecified atom stereocenters. The predicted molar refractivity (Wildman–Crippen MR) is 116 cm³/mol. The van der Waals surface area contributed by atoms with Gasteiger partial charge in [-0.25, -0.2) is 0 Å². The number of H-pyrrole nitrogens is 1. The number of fused-ring (bicyclic) bond motifs is 1. The van der Waals surface area contributed by atoms with Gasteiger partial charge in [0.2, 0.25) is 5.91 Å². The smallest absolute Gasteiger partial charge is 0.272 e. The lowest BCUT2D eigenvalue weighted by Crippen LogP contribution is -2.38. The summed E-state index contributed by atoms with van der Waals surface area (Å²) in [6, 6.07) is 17.5. The lowest BCUT2D eigenvalue weighted by molar-refractivity contribution is -0.130. The fraction of sp³-hybridized carbons (Fsp3) is 0.286. The summed E-state index contributed by atoms with van der Waals surface area (Å²) in [7, 11) is 0. The van der Waals surface area contributed by atoms with Gasteiger partial charge in [-0.3, -0.25) is 14.7 Å². The maximum atomic E-state index is 12.5. The number of carbonyl (C=O) groups excluding carboxylic acids is 2. The van der Waals surface area contributed by atoms with Crippen LogP contribution in [0.4, 0.5) is 0 Å². The molecular formula is C21H26ClN5O2. The Hall–Kier alpha value is -2.90. The zero-order valence-electron chi connectivity index (χ0n) is 16.1. The molecule has 2 aromatic carbocycles. The van der Waals surface area contributed by atoms with Crippen molar-refractivity contribution in [2.24, 2.45) is 5.73 Å². The Morgan fingerprint density at radius 1 is 1.03 bits per heavy atom. The molecule has 0 atom stereocenters. The van der Waals surface area contributed by atoms with Crippen molar-refractivity contribution < 1.29 is 9.59 Å². The molecule has 0 spiro atoms. The van der Waals surface area contributed by atoms with E-state index in [4.69, 9.17) is 5.73 Å². The van der Waals surface area contributed by atoms with Gasteiger partial charge >= 0.3 is 0 Å². The van der Waals surface area contributed by atoms with Crippen LogP contribution in [0.2, 0.25) is 0 Å². The third-order valence-electron chi connectivity index (χ3n) is 4.57. The average Bonchev–Trinajstić information content (AvgIpc) is 3.16. The van der Waals surface area contributed by atoms with E-state index in [0.29, 0.717) is 25.3 Å². The third-order valence-corrected chi connectivity index (χ3v) is 4.57. The molecule has 0 fully saturated rings. The highest BCUT2D eigenvalue weighted by Gasteiger charge is 2.16. The Bertz CT molecular complexity index is 929. The Kier molecular flexibility index (Phi) is 8.64. The maximum absolute atomic E-state index is 12.5. The van der Waals surface area contributed by atoms with Crippen LogP contribution in [0.5, 0.6) is 0 Å². The maximum Gasteiger partial charge on any atom is 0.272 e. The highest BCUT2D eigenvalue weighted by molar-refractivity contribution is 6.04. The molecule has 2 amide bonds. The van der Waals surface area contributed by atoms with Gasteiger partial charge in [-0.05, 0) is 18.1 Å². The number of hydrogen-bond acceptors (Lipinski definition) is 4. The van der Waals surface area contributed by atoms with Gasteiger partial charge in [-0.15, -0.1) is 12.4 Å². The molecule has 29 heavy (non-hydrogen) atoms. The monoisotopic (exact) mass is 415 g/mol. The molecule has 0 saturated heterocycles. The van der Waals surface area contributed by atoms with Gasteiger partial charge in [0.05, 0.1) is 5.52 Å². The SMILES string of the molecule is Cl.NCCN(CCc1ccccc1)C(=O)CCNC(=O)c1n[nH]c2ccccc12. The van der Waals surface area contributed by atoms with Gasteiger partial charge in [0.15, 0.2) is 5.69 Å². The van der Waals surface area contributed by atoms with Gasteiger partial charge < -0.3 is 16.0 Å². The lowest BCUT2D eigenvalue weighted by atomic mass is 10.1. The van der Waals surface area contributed by atoms with Crippen molar-refractivity contribution in [3.05, 3.63) is 65.9 Å². The number of amides is 2. The van der Waals surface area contributed by atoms with Crippen LogP contribution in [0.15, 0.2) is 54.6 Å². The summed E-state index contributed by atoms with van der Waals surface area (Å²) < 4.78 is 0. The quantitative estimate of drug-likeness (QED) is 0.498. The van der Waals surface area contributed by atoms with Crippen molar-refractivity contribution in [3.8, 4) is 0 Å². The van der Waals surface area contributed by atoms with Gasteiger partial charge in [0.1, 0.15) is 0 Å². The van der Waals surface area contributed by atoms with Crippen LogP contribution in [-0.2, 0) is 11.2 Å². The van der Waals surface area contributed by atoms with Gasteiger partial charge in [-0.1, -0.05) is 48.5 Å². The number of halogens is 1. The molecule has 4 N–H and O–H groups in total. The summed E-state index contributed by atoms with van der Waals surface area (Å²) in [6.07, 6.45) is 1.00. The first kappa shape index (κ1) is 22.4. The Morgan fingerprint density at radius 3 is 2.52 bits per heavy atom. The van der Waals surface area contributed by atoms with E-state index in [1.165, 1.54) is 5.56 Å². The third kappa shape index (κ3) is 6.04. The van der Waals surface area contributed by atoms with E-state index in [9.17, 15) is 9.59 Å². The van der Waals surface area contributed by atoms with E-state index >= 15 is 0 Å². The second-order valence-corrected chi connectivity index (χ2v) is 6.53. The molecule has 3 rings (SSSR count). The second kappa shape index (κ2) is 11.2. The number of aromatic amines is 1. The largest absolute Gasteiger partial charge is 0.350 e. The molecule has 0 saturated carbocycles. The minimum absolute atomic E-state index is 0. The van der Waals surface area contributed by atoms with Crippen LogP contribution in [0.3, 0.4) is 0 Å². The number of rotatable bonds is 9. The number of nitrogens with one attached hydrogen (secondary N) is 2. The summed E-state index contributed by atoms with van der Waals surface area (Å²) >= 11 is 0. The van der Waals surface area contributed by atoms with E-state index in [1.807, 2.05) is 54.6 Å². The van der Waals surface area contributed by atoms with Crippen LogP contribution in [0.25, 0.3) is 10.9 Å². The van der Waals surface area contributed by atoms with Crippen molar-refractivity contribution in [1.29, 1.82) is 0 Å². The van der Waals surface area contributed by atoms with Gasteiger partial charge in [0.25, 0.3) is 5.91 Å². The van der Waals surface area contributed by atoms with Crippen molar-refractivity contribution in [2.45, 2.75) is 12.8 Å². The number of carbonyl (C=O) groups is 2. The molecule has 1 aromatic heterocycles. The normalized spacial score (nSPS) is 10.4. The second-order valence-electron chi connectivity index (χ2n) is 6.53. The number of nitrogens with two attached hydrogens (primary N) is 1. The standard InChI is InChI=1S/C21H25N5O2.ClH/c22-12-15-26(14-11-16-6-2-1-3-7-16)19(27)10-13-23-21(28)20-17-8-4-5-9-18(17)24-25-20;/h1-9H,10-15,22H2,(H,23,28)(H,24,25);1H. The van der Waals surface area contributed by atoms with Crippen molar-refractivity contribution in [2.75, 3.05) is 26.2 Å². The number of benzene rings is 2. The Labute approximate surface area is 176 Å². The highest BCUT2D eigenvalue weighted by Crippen LogP contribution is 2.14. The van der Waals surface area contributed by atoms with Crippen molar-refractivity contribution in [1.82, 2.24) is 20.4 Å². The van der Waals surface area contributed by atoms with Crippen LogP contribution >= 0.6 is 12.4 Å². The first-order valence-electron chi connectivity index (χ1n) is 9.42. The molecule has 0 aliphatic carbocycles. The van der Waals surface area contributed by atoms with Crippen LogP contribution in [0, 0.1) is 0 Å². The van der Waals surface area contributed by atoms with Gasteiger partial charge in [-0.2, -0.15) is 5.10 Å². The molecular weight excluding hydrogens is 390 g/mol. The first-order valence-corrected chi connectivity index (χ1v) is 9.42. The summed E-state index contributed by atoms with van der Waals surface area (Å²) in [5.74, 6) is -0.312. The molecule has 7 nitrogen and oxygen atoms in total. The summed E-state index contributed by atoms with van der Waals surface area (Å²) in [6.45, 7) is 1.78. The fourth-order valence-corrected chi connectivity index (χ4v) is 3.09. The molecule has 0 aliphatic rings. The fourth-order valence-electron chi connectivity index (χ4n) is 3.09. The van der Waals surface area contributed by atoms with Crippen molar-refractivity contribution in [3.63, 3.8) is 0 Å². The molecule has 0 aliphatic heterocycles. The molecule has 154 valence electrons. The molecule has 3 aromatic rings. The zero-order valence-corrected chi connectivity index (χ0v) is 17.0. The lowest BCUT2D eigenvalue weighted by Gasteiger charge is -2.22. The number of hydrogen-bond donors (Lipinski definition) is 3. The Balaban J connectivity index is 0.00000300. The number of nitrogens with zero attached hydrogens (tertiary/aromatic N) is 2. The topological polar surface area (TPSA) is 104 Å². The average molecular weight is 416 g/mol. The van der Waals surface area contributed by atoms with E-state index in [2.05, 4.69) is 15.5 Å². The minimum Gasteiger partial charge on any atom is -0.350 e. The number of para-hydroxylation sites is 1. The first-order chi connectivity index (χ1) is 13.7. The molecule has 0 bridgehead atoms. The summed E-state index contributed by atoms with van der Waals surface area (Å²) in [5, 5.41) is 10.4. The number of aromatic nitrogens is 2.